The summed E-state index contributed by atoms with van der Waals surface area (Å²) < 4.78 is 9.45. The van der Waals surface area contributed by atoms with Crippen LogP contribution in [-0.2, 0) is 4.74 Å². The number of esters is 1. The highest BCUT2D eigenvalue weighted by Crippen LogP contribution is 2.29. The van der Waals surface area contributed by atoms with E-state index in [0.717, 1.165) is 0 Å². The van der Waals surface area contributed by atoms with Crippen LogP contribution in [0.1, 0.15) is 27.6 Å². The van der Waals surface area contributed by atoms with Crippen LogP contribution >= 0.6 is 0 Å². The molecule has 0 radical (unpaired) electrons. The Bertz CT molecular complexity index is 436. The normalized spacial score (nSPS) is 9.69. The molecule has 0 spiro atoms. The Morgan fingerprint density at radius 2 is 1.81 bits per heavy atom. The number of benzene rings is 1. The van der Waals surface area contributed by atoms with Gasteiger partial charge in [-0.3, -0.25) is 4.79 Å². The van der Waals surface area contributed by atoms with E-state index in [9.17, 15) is 14.7 Å². The van der Waals surface area contributed by atoms with E-state index in [-0.39, 0.29) is 28.4 Å². The standard InChI is InChI=1S/C11H12O5/c1-6(12)7-4-8(11(14)16-3)10(15-2)5-9(7)13/h4-5,13H,1-3H3. The van der Waals surface area contributed by atoms with E-state index in [0.29, 0.717) is 0 Å². The van der Waals surface area contributed by atoms with E-state index < -0.39 is 5.97 Å². The van der Waals surface area contributed by atoms with Gasteiger partial charge in [-0.25, -0.2) is 4.79 Å². The molecule has 1 aromatic rings. The molecule has 1 rings (SSSR count). The maximum absolute atomic E-state index is 11.4. The first-order valence-electron chi connectivity index (χ1n) is 4.51. The number of hydrogen-bond donors (Lipinski definition) is 1. The number of carbonyl (C=O) groups excluding carboxylic acids is 2. The van der Waals surface area contributed by atoms with Gasteiger partial charge < -0.3 is 14.6 Å². The Balaban J connectivity index is 3.40. The molecule has 5 heteroatoms. The number of aromatic hydroxyl groups is 1. The second-order valence-electron chi connectivity index (χ2n) is 3.12. The fraction of sp³-hybridized carbons (Fsp3) is 0.273. The van der Waals surface area contributed by atoms with Gasteiger partial charge in [-0.15, -0.1) is 0 Å². The lowest BCUT2D eigenvalue weighted by atomic mass is 10.1. The summed E-state index contributed by atoms with van der Waals surface area (Å²) >= 11 is 0. The smallest absolute Gasteiger partial charge is 0.341 e. The fourth-order valence-electron chi connectivity index (χ4n) is 1.29. The summed E-state index contributed by atoms with van der Waals surface area (Å²) in [5.41, 5.74) is 0.161. The van der Waals surface area contributed by atoms with Crippen molar-refractivity contribution in [2.75, 3.05) is 14.2 Å². The maximum atomic E-state index is 11.4. The summed E-state index contributed by atoms with van der Waals surface area (Å²) in [6, 6.07) is 2.46. The van der Waals surface area contributed by atoms with Crippen LogP contribution in [0, 0.1) is 0 Å². The molecule has 0 amide bonds. The van der Waals surface area contributed by atoms with Crippen molar-refractivity contribution in [3.63, 3.8) is 0 Å². The highest BCUT2D eigenvalue weighted by Gasteiger charge is 2.18. The van der Waals surface area contributed by atoms with E-state index in [4.69, 9.17) is 4.74 Å². The molecular formula is C11H12O5. The van der Waals surface area contributed by atoms with Gasteiger partial charge in [0.15, 0.2) is 5.78 Å². The number of Topliss-reactive ketones (excluding diaryl/α,β-unsaturated/α-hetero) is 1. The maximum Gasteiger partial charge on any atom is 0.341 e. The van der Waals surface area contributed by atoms with Crippen LogP contribution in [0.4, 0.5) is 0 Å². The summed E-state index contributed by atoms with van der Waals surface area (Å²) in [5.74, 6) is -1.03. The molecule has 16 heavy (non-hydrogen) atoms. The highest BCUT2D eigenvalue weighted by molar-refractivity contribution is 6.01. The minimum absolute atomic E-state index is 0.0567. The van der Waals surface area contributed by atoms with Gasteiger partial charge in [-0.1, -0.05) is 0 Å². The molecule has 0 aliphatic carbocycles. The molecule has 0 fully saturated rings. The van der Waals surface area contributed by atoms with Crippen LogP contribution in [0.15, 0.2) is 12.1 Å². The number of rotatable bonds is 3. The molecule has 0 aliphatic rings. The van der Waals surface area contributed by atoms with Crippen molar-refractivity contribution in [1.29, 1.82) is 0 Å². The van der Waals surface area contributed by atoms with Crippen LogP contribution in [0.3, 0.4) is 0 Å². The minimum atomic E-state index is -0.626. The Labute approximate surface area is 92.6 Å². The molecule has 1 N–H and O–H groups in total. The van der Waals surface area contributed by atoms with Crippen molar-refractivity contribution in [3.05, 3.63) is 23.3 Å². The van der Waals surface area contributed by atoms with E-state index in [1.54, 1.807) is 0 Å². The molecule has 86 valence electrons. The van der Waals surface area contributed by atoms with Crippen LogP contribution in [0.5, 0.6) is 11.5 Å². The topological polar surface area (TPSA) is 72.8 Å². The summed E-state index contributed by atoms with van der Waals surface area (Å²) in [7, 11) is 2.58. The number of phenolic OH excluding ortho intramolecular Hbond substituents is 1. The van der Waals surface area contributed by atoms with Gasteiger partial charge >= 0.3 is 5.97 Å². The van der Waals surface area contributed by atoms with Crippen molar-refractivity contribution < 1.29 is 24.2 Å². The highest BCUT2D eigenvalue weighted by atomic mass is 16.5. The third kappa shape index (κ3) is 2.13. The van der Waals surface area contributed by atoms with Gasteiger partial charge in [0.05, 0.1) is 19.8 Å². The van der Waals surface area contributed by atoms with Gasteiger partial charge in [-0.05, 0) is 13.0 Å². The molecule has 0 aliphatic heterocycles. The van der Waals surface area contributed by atoms with Crippen LogP contribution in [0.25, 0.3) is 0 Å². The van der Waals surface area contributed by atoms with Crippen molar-refractivity contribution in [2.45, 2.75) is 6.92 Å². The molecule has 5 nitrogen and oxygen atoms in total. The first-order valence-corrected chi connectivity index (χ1v) is 4.51. The molecule has 0 saturated heterocycles. The average Bonchev–Trinajstić information content (AvgIpc) is 2.27. The monoisotopic (exact) mass is 224 g/mol. The zero-order valence-corrected chi connectivity index (χ0v) is 9.23. The Morgan fingerprint density at radius 3 is 2.25 bits per heavy atom. The molecular weight excluding hydrogens is 212 g/mol. The summed E-state index contributed by atoms with van der Waals surface area (Å²) in [6.07, 6.45) is 0. The number of phenols is 1. The Morgan fingerprint density at radius 1 is 1.19 bits per heavy atom. The number of methoxy groups -OCH3 is 2. The molecule has 0 aromatic heterocycles. The van der Waals surface area contributed by atoms with E-state index in [1.165, 1.54) is 33.3 Å². The number of ether oxygens (including phenoxy) is 2. The fourth-order valence-corrected chi connectivity index (χ4v) is 1.29. The summed E-state index contributed by atoms with van der Waals surface area (Å²) in [4.78, 5) is 22.6. The van der Waals surface area contributed by atoms with Crippen LogP contribution in [0.2, 0.25) is 0 Å². The first-order chi connectivity index (χ1) is 7.51. The SMILES string of the molecule is COC(=O)c1cc(C(C)=O)c(O)cc1OC. The molecule has 0 bridgehead atoms. The zero-order chi connectivity index (χ0) is 12.3. The largest absolute Gasteiger partial charge is 0.507 e. The van der Waals surface area contributed by atoms with Crippen molar-refractivity contribution in [2.24, 2.45) is 0 Å². The molecule has 0 heterocycles. The Kier molecular flexibility index (Phi) is 3.50. The zero-order valence-electron chi connectivity index (χ0n) is 9.23. The predicted octanol–water partition coefficient (Wildman–Crippen LogP) is 1.39. The second kappa shape index (κ2) is 4.65. The molecule has 0 saturated carbocycles. The second-order valence-corrected chi connectivity index (χ2v) is 3.12. The van der Waals surface area contributed by atoms with Crippen LogP contribution < -0.4 is 4.74 Å². The molecule has 1 aromatic carbocycles. The third-order valence-electron chi connectivity index (χ3n) is 2.10. The van der Waals surface area contributed by atoms with Crippen LogP contribution in [-0.4, -0.2) is 31.1 Å². The van der Waals surface area contributed by atoms with E-state index in [2.05, 4.69) is 4.74 Å². The van der Waals surface area contributed by atoms with Gasteiger partial charge in [0.1, 0.15) is 17.1 Å². The van der Waals surface area contributed by atoms with Crippen molar-refractivity contribution >= 4 is 11.8 Å². The lowest BCUT2D eigenvalue weighted by Gasteiger charge is -2.09. The van der Waals surface area contributed by atoms with Gasteiger partial charge in [-0.2, -0.15) is 0 Å². The molecule has 0 unspecified atom stereocenters. The average molecular weight is 224 g/mol. The van der Waals surface area contributed by atoms with Crippen molar-refractivity contribution in [1.82, 2.24) is 0 Å². The van der Waals surface area contributed by atoms with E-state index in [1.807, 2.05) is 0 Å². The number of ketones is 1. The van der Waals surface area contributed by atoms with E-state index >= 15 is 0 Å². The summed E-state index contributed by atoms with van der Waals surface area (Å²) in [6.45, 7) is 1.29. The third-order valence-corrected chi connectivity index (χ3v) is 2.10. The molecule has 0 atom stereocenters. The minimum Gasteiger partial charge on any atom is -0.507 e. The number of hydrogen-bond acceptors (Lipinski definition) is 5. The quantitative estimate of drug-likeness (QED) is 0.620. The van der Waals surface area contributed by atoms with Gasteiger partial charge in [0, 0.05) is 6.07 Å². The van der Waals surface area contributed by atoms with Crippen molar-refractivity contribution in [3.8, 4) is 11.5 Å². The summed E-state index contributed by atoms with van der Waals surface area (Å²) in [5, 5.41) is 9.52. The van der Waals surface area contributed by atoms with Gasteiger partial charge in [0.2, 0.25) is 0 Å². The first kappa shape index (κ1) is 12.0. The lowest BCUT2D eigenvalue weighted by Crippen LogP contribution is -2.06. The Hall–Kier alpha value is -2.04. The lowest BCUT2D eigenvalue weighted by molar-refractivity contribution is 0.0597. The van der Waals surface area contributed by atoms with Gasteiger partial charge in [0.25, 0.3) is 0 Å². The predicted molar refractivity (Wildman–Crippen MR) is 56.0 cm³/mol. The number of carbonyl (C=O) groups is 2.